The molecule has 0 radical (unpaired) electrons. The Labute approximate surface area is 200 Å². The van der Waals surface area contributed by atoms with Crippen LogP contribution < -0.4 is 20.9 Å². The predicted molar refractivity (Wildman–Crippen MR) is 132 cm³/mol. The normalized spacial score (nSPS) is 11.8. The highest BCUT2D eigenvalue weighted by atomic mass is 32.2. The van der Waals surface area contributed by atoms with Gasteiger partial charge in [-0.1, -0.05) is 38.8 Å². The highest BCUT2D eigenvalue weighted by Crippen LogP contribution is 2.18. The summed E-state index contributed by atoms with van der Waals surface area (Å²) < 4.78 is 34.7. The Hall–Kier alpha value is -2.92. The number of aromatic nitrogens is 4. The third kappa shape index (κ3) is 6.57. The van der Waals surface area contributed by atoms with Crippen LogP contribution in [0.3, 0.4) is 0 Å². The number of rotatable bonds is 14. The number of nitrogens with two attached hydrogens (primary N) is 1. The van der Waals surface area contributed by atoms with Crippen molar-refractivity contribution in [1.82, 2.24) is 24.2 Å². The van der Waals surface area contributed by atoms with Crippen molar-refractivity contribution >= 4 is 27.0 Å². The molecule has 1 aromatic carbocycles. The fourth-order valence-electron chi connectivity index (χ4n) is 3.51. The van der Waals surface area contributed by atoms with Gasteiger partial charge in [0.2, 0.25) is 10.0 Å². The molecule has 0 unspecified atom stereocenters. The second-order valence-electron chi connectivity index (χ2n) is 8.23. The minimum Gasteiger partial charge on any atom is -0.463 e. The number of H-pyrrole nitrogens is 1. The van der Waals surface area contributed by atoms with Crippen molar-refractivity contribution in [2.45, 2.75) is 70.2 Å². The van der Waals surface area contributed by atoms with E-state index in [1.54, 1.807) is 12.1 Å². The summed E-state index contributed by atoms with van der Waals surface area (Å²) in [4.78, 5) is 23.8. The highest BCUT2D eigenvalue weighted by molar-refractivity contribution is 7.89. The molecule has 3 rings (SSSR count). The molecule has 186 valence electrons. The van der Waals surface area contributed by atoms with Crippen molar-refractivity contribution in [3.05, 3.63) is 40.3 Å². The Kier molecular flexibility index (Phi) is 9.05. The SMILES string of the molecule is CCCCOc1nc(N)c2[nH]c(=O)n(CCCCNS(=O)(=O)c3ccc(CCCC)cc3)c2n1. The van der Waals surface area contributed by atoms with Crippen molar-refractivity contribution in [3.63, 3.8) is 0 Å². The molecule has 0 aliphatic heterocycles. The molecule has 0 aliphatic carbocycles. The molecule has 0 bridgehead atoms. The first-order valence-corrected chi connectivity index (χ1v) is 13.3. The number of nitrogens with one attached hydrogen (secondary N) is 2. The minimum atomic E-state index is -3.58. The maximum Gasteiger partial charge on any atom is 0.327 e. The lowest BCUT2D eigenvalue weighted by Gasteiger charge is -2.09. The highest BCUT2D eigenvalue weighted by Gasteiger charge is 2.15. The van der Waals surface area contributed by atoms with Gasteiger partial charge in [-0.2, -0.15) is 9.97 Å². The van der Waals surface area contributed by atoms with E-state index in [1.165, 1.54) is 4.57 Å². The quantitative estimate of drug-likeness (QED) is 0.295. The smallest absolute Gasteiger partial charge is 0.327 e. The number of benzene rings is 1. The summed E-state index contributed by atoms with van der Waals surface area (Å²) in [6.45, 7) is 5.27. The molecular weight excluding hydrogens is 456 g/mol. The standard InChI is InChI=1S/C23H34N6O4S/c1-3-5-9-17-10-12-18(13-11-17)34(31,32)25-14-7-8-15-29-21-19(26-23(29)30)20(24)27-22(28-21)33-16-6-4-2/h10-13,25H,3-9,14-16H2,1-2H3,(H,26,30)(H2,24,27,28). The third-order valence-corrected chi connectivity index (χ3v) is 6.99. The van der Waals surface area contributed by atoms with Crippen LogP contribution in [-0.4, -0.2) is 41.1 Å². The van der Waals surface area contributed by atoms with Gasteiger partial charge < -0.3 is 15.5 Å². The first kappa shape index (κ1) is 25.7. The van der Waals surface area contributed by atoms with Crippen LogP contribution in [0.1, 0.15) is 57.9 Å². The van der Waals surface area contributed by atoms with Crippen LogP contribution in [0.25, 0.3) is 11.2 Å². The first-order valence-electron chi connectivity index (χ1n) is 11.8. The Morgan fingerprint density at radius 3 is 2.50 bits per heavy atom. The zero-order valence-corrected chi connectivity index (χ0v) is 20.7. The van der Waals surface area contributed by atoms with Gasteiger partial charge >= 0.3 is 11.7 Å². The number of anilines is 1. The van der Waals surface area contributed by atoms with E-state index in [2.05, 4.69) is 33.5 Å². The monoisotopic (exact) mass is 490 g/mol. The van der Waals surface area contributed by atoms with Crippen LogP contribution in [0.2, 0.25) is 0 Å². The zero-order chi connectivity index (χ0) is 24.6. The summed E-state index contributed by atoms with van der Waals surface area (Å²) in [5, 5.41) is 0. The van der Waals surface area contributed by atoms with Crippen molar-refractivity contribution in [2.75, 3.05) is 18.9 Å². The topological polar surface area (TPSA) is 145 Å². The minimum absolute atomic E-state index is 0.139. The molecule has 0 amide bonds. The van der Waals surface area contributed by atoms with Gasteiger partial charge in [0, 0.05) is 13.1 Å². The molecule has 2 heterocycles. The van der Waals surface area contributed by atoms with Gasteiger partial charge in [-0.15, -0.1) is 0 Å². The van der Waals surface area contributed by atoms with Crippen LogP contribution in [0.15, 0.2) is 34.0 Å². The number of nitrogen functional groups attached to an aromatic ring is 1. The Morgan fingerprint density at radius 2 is 1.79 bits per heavy atom. The van der Waals surface area contributed by atoms with Crippen LogP contribution in [0.5, 0.6) is 6.01 Å². The molecule has 0 atom stereocenters. The van der Waals surface area contributed by atoms with E-state index in [9.17, 15) is 13.2 Å². The summed E-state index contributed by atoms with van der Waals surface area (Å²) in [5.41, 5.74) is 7.51. The summed E-state index contributed by atoms with van der Waals surface area (Å²) in [7, 11) is -3.58. The maximum absolute atomic E-state index is 12.5. The summed E-state index contributed by atoms with van der Waals surface area (Å²) in [6, 6.07) is 7.15. The molecule has 2 aromatic heterocycles. The molecule has 3 aromatic rings. The van der Waals surface area contributed by atoms with Gasteiger partial charge in [0.1, 0.15) is 5.52 Å². The van der Waals surface area contributed by atoms with Gasteiger partial charge in [-0.3, -0.25) is 4.57 Å². The molecule has 10 nitrogen and oxygen atoms in total. The van der Waals surface area contributed by atoms with Crippen molar-refractivity contribution < 1.29 is 13.2 Å². The molecule has 11 heteroatoms. The largest absolute Gasteiger partial charge is 0.463 e. The van der Waals surface area contributed by atoms with Gasteiger partial charge in [0.15, 0.2) is 11.5 Å². The zero-order valence-electron chi connectivity index (χ0n) is 19.8. The number of fused-ring (bicyclic) bond motifs is 1. The Bertz CT molecular complexity index is 1230. The summed E-state index contributed by atoms with van der Waals surface area (Å²) in [6.07, 6.45) is 6.08. The molecular formula is C23H34N6O4S. The van der Waals surface area contributed by atoms with E-state index in [-0.39, 0.29) is 29.0 Å². The number of unbranched alkanes of at least 4 members (excludes halogenated alkanes) is 3. The summed E-state index contributed by atoms with van der Waals surface area (Å²) in [5.74, 6) is 0.154. The Balaban J connectivity index is 1.56. The molecule has 0 saturated carbocycles. The summed E-state index contributed by atoms with van der Waals surface area (Å²) >= 11 is 0. The molecule has 0 fully saturated rings. The van der Waals surface area contributed by atoms with Crippen LogP contribution in [0, 0.1) is 0 Å². The van der Waals surface area contributed by atoms with E-state index < -0.39 is 10.0 Å². The lowest BCUT2D eigenvalue weighted by molar-refractivity contribution is 0.286. The fourth-order valence-corrected chi connectivity index (χ4v) is 4.59. The van der Waals surface area contributed by atoms with E-state index in [1.807, 2.05) is 12.1 Å². The lowest BCUT2D eigenvalue weighted by Crippen LogP contribution is -2.25. The molecule has 0 spiro atoms. The number of imidazole rings is 1. The van der Waals surface area contributed by atoms with Crippen molar-refractivity contribution in [1.29, 1.82) is 0 Å². The maximum atomic E-state index is 12.5. The second kappa shape index (κ2) is 12.0. The second-order valence-corrected chi connectivity index (χ2v) is 9.99. The van der Waals surface area contributed by atoms with E-state index in [4.69, 9.17) is 10.5 Å². The van der Waals surface area contributed by atoms with Crippen molar-refractivity contribution in [3.8, 4) is 6.01 Å². The number of ether oxygens (including phenoxy) is 1. The Morgan fingerprint density at radius 1 is 1.06 bits per heavy atom. The van der Waals surface area contributed by atoms with Crippen LogP contribution in [-0.2, 0) is 23.0 Å². The van der Waals surface area contributed by atoms with Gasteiger partial charge in [0.05, 0.1) is 11.5 Å². The number of sulfonamides is 1. The average molecular weight is 491 g/mol. The van der Waals surface area contributed by atoms with Gasteiger partial charge in [-0.25, -0.2) is 17.9 Å². The van der Waals surface area contributed by atoms with Crippen molar-refractivity contribution in [2.24, 2.45) is 0 Å². The lowest BCUT2D eigenvalue weighted by atomic mass is 10.1. The number of hydrogen-bond acceptors (Lipinski definition) is 7. The van der Waals surface area contributed by atoms with E-state index in [0.717, 1.165) is 37.7 Å². The molecule has 0 aliphatic rings. The van der Waals surface area contributed by atoms with Gasteiger partial charge in [-0.05, 0) is 49.8 Å². The molecule has 4 N–H and O–H groups in total. The number of hydrogen-bond donors (Lipinski definition) is 3. The first-order chi connectivity index (χ1) is 16.4. The van der Waals surface area contributed by atoms with E-state index >= 15 is 0 Å². The third-order valence-electron chi connectivity index (χ3n) is 5.51. The number of nitrogens with zero attached hydrogens (tertiary/aromatic N) is 3. The number of aromatic amines is 1. The van der Waals surface area contributed by atoms with Gasteiger partial charge in [0.25, 0.3) is 0 Å². The van der Waals surface area contributed by atoms with E-state index in [0.29, 0.717) is 37.2 Å². The van der Waals surface area contributed by atoms with Crippen LogP contribution >= 0.6 is 0 Å². The average Bonchev–Trinajstić information content (AvgIpc) is 3.13. The van der Waals surface area contributed by atoms with Crippen LogP contribution in [0.4, 0.5) is 5.82 Å². The molecule has 0 saturated heterocycles. The predicted octanol–water partition coefficient (Wildman–Crippen LogP) is 2.98. The fraction of sp³-hybridized carbons (Fsp3) is 0.522. The molecule has 34 heavy (non-hydrogen) atoms. The number of aryl methyl sites for hydroxylation is 2.